The Morgan fingerprint density at radius 2 is 2.06 bits per heavy atom. The number of carbonyl (C=O) groups is 1. The molecule has 1 amide bonds. The van der Waals surface area contributed by atoms with Crippen LogP contribution in [0.25, 0.3) is 0 Å². The second-order valence-corrected chi connectivity index (χ2v) is 5.95. The molecule has 1 saturated heterocycles. The van der Waals surface area contributed by atoms with Crippen molar-refractivity contribution in [3.63, 3.8) is 0 Å². The maximum absolute atomic E-state index is 12.3. The SMILES string of the molecule is CCCCC(CC)C(=O)N1CC(N)(C2CC2)C1. The highest BCUT2D eigenvalue weighted by atomic mass is 16.2. The zero-order valence-corrected chi connectivity index (χ0v) is 11.2. The average Bonchev–Trinajstić information content (AvgIpc) is 3.09. The fourth-order valence-electron chi connectivity index (χ4n) is 2.95. The van der Waals surface area contributed by atoms with Crippen LogP contribution >= 0.6 is 0 Å². The smallest absolute Gasteiger partial charge is 0.225 e. The van der Waals surface area contributed by atoms with Gasteiger partial charge < -0.3 is 10.6 Å². The van der Waals surface area contributed by atoms with E-state index in [2.05, 4.69) is 13.8 Å². The molecular weight excluding hydrogens is 212 g/mol. The van der Waals surface area contributed by atoms with Crippen LogP contribution in [0, 0.1) is 11.8 Å². The highest BCUT2D eigenvalue weighted by Gasteiger charge is 2.52. The molecule has 98 valence electrons. The number of likely N-dealkylation sites (tertiary alicyclic amines) is 1. The molecular formula is C14H26N2O. The minimum atomic E-state index is -0.0291. The number of nitrogens with zero attached hydrogens (tertiary/aromatic N) is 1. The molecule has 3 nitrogen and oxygen atoms in total. The third-order valence-electron chi connectivity index (χ3n) is 4.42. The molecule has 0 aromatic rings. The summed E-state index contributed by atoms with van der Waals surface area (Å²) < 4.78 is 0. The van der Waals surface area contributed by atoms with E-state index in [1.807, 2.05) is 4.90 Å². The first-order valence-electron chi connectivity index (χ1n) is 7.18. The molecule has 1 heterocycles. The molecule has 1 atom stereocenters. The van der Waals surface area contributed by atoms with Gasteiger partial charge in [0.15, 0.2) is 0 Å². The molecule has 17 heavy (non-hydrogen) atoms. The number of rotatable bonds is 6. The van der Waals surface area contributed by atoms with E-state index in [4.69, 9.17) is 5.73 Å². The predicted molar refractivity (Wildman–Crippen MR) is 69.5 cm³/mol. The van der Waals surface area contributed by atoms with E-state index in [1.54, 1.807) is 0 Å². The second-order valence-electron chi connectivity index (χ2n) is 5.95. The fraction of sp³-hybridized carbons (Fsp3) is 0.929. The Hall–Kier alpha value is -0.570. The average molecular weight is 238 g/mol. The van der Waals surface area contributed by atoms with Gasteiger partial charge in [-0.05, 0) is 31.6 Å². The van der Waals surface area contributed by atoms with Gasteiger partial charge in [0.05, 0.1) is 5.54 Å². The Labute approximate surface area is 105 Å². The number of nitrogens with two attached hydrogens (primary N) is 1. The maximum atomic E-state index is 12.3. The summed E-state index contributed by atoms with van der Waals surface area (Å²) in [4.78, 5) is 14.3. The van der Waals surface area contributed by atoms with Gasteiger partial charge in [0.1, 0.15) is 0 Å². The van der Waals surface area contributed by atoms with Crippen LogP contribution in [0.15, 0.2) is 0 Å². The lowest BCUT2D eigenvalue weighted by atomic mass is 9.84. The van der Waals surface area contributed by atoms with E-state index in [1.165, 1.54) is 19.3 Å². The summed E-state index contributed by atoms with van der Waals surface area (Å²) in [6, 6.07) is 0. The van der Waals surface area contributed by atoms with Gasteiger partial charge >= 0.3 is 0 Å². The topological polar surface area (TPSA) is 46.3 Å². The molecule has 1 saturated carbocycles. The molecule has 1 aliphatic heterocycles. The molecule has 0 aromatic carbocycles. The molecule has 0 aromatic heterocycles. The highest BCUT2D eigenvalue weighted by Crippen LogP contribution is 2.43. The Bertz CT molecular complexity index is 280. The minimum absolute atomic E-state index is 0.0291. The first-order chi connectivity index (χ1) is 8.10. The van der Waals surface area contributed by atoms with Gasteiger partial charge in [-0.15, -0.1) is 0 Å². The fourth-order valence-corrected chi connectivity index (χ4v) is 2.95. The van der Waals surface area contributed by atoms with E-state index in [-0.39, 0.29) is 11.5 Å². The van der Waals surface area contributed by atoms with Crippen molar-refractivity contribution in [2.45, 2.75) is 57.9 Å². The quantitative estimate of drug-likeness (QED) is 0.770. The lowest BCUT2D eigenvalue weighted by Gasteiger charge is -2.49. The normalized spacial score (nSPS) is 24.3. The highest BCUT2D eigenvalue weighted by molar-refractivity contribution is 5.80. The van der Waals surface area contributed by atoms with Gasteiger partial charge in [0, 0.05) is 19.0 Å². The second kappa shape index (κ2) is 4.97. The molecule has 3 heteroatoms. The minimum Gasteiger partial charge on any atom is -0.339 e. The Kier molecular flexibility index (Phi) is 3.76. The van der Waals surface area contributed by atoms with Gasteiger partial charge in [-0.1, -0.05) is 26.7 Å². The van der Waals surface area contributed by atoms with E-state index >= 15 is 0 Å². The molecule has 0 bridgehead atoms. The van der Waals surface area contributed by atoms with Gasteiger partial charge in [-0.3, -0.25) is 4.79 Å². The van der Waals surface area contributed by atoms with E-state index in [9.17, 15) is 4.79 Å². The van der Waals surface area contributed by atoms with Crippen LogP contribution in [0.4, 0.5) is 0 Å². The maximum Gasteiger partial charge on any atom is 0.225 e. The van der Waals surface area contributed by atoms with E-state index < -0.39 is 0 Å². The molecule has 0 radical (unpaired) electrons. The number of carbonyl (C=O) groups excluding carboxylic acids is 1. The van der Waals surface area contributed by atoms with E-state index in [0.29, 0.717) is 11.8 Å². The molecule has 2 N–H and O–H groups in total. The molecule has 0 spiro atoms. The predicted octanol–water partition coefficient (Wildman–Crippen LogP) is 2.15. The number of unbranched alkanes of at least 4 members (excludes halogenated alkanes) is 1. The molecule has 1 aliphatic carbocycles. The first-order valence-corrected chi connectivity index (χ1v) is 7.18. The largest absolute Gasteiger partial charge is 0.339 e. The summed E-state index contributed by atoms with van der Waals surface area (Å²) in [7, 11) is 0. The van der Waals surface area contributed by atoms with Crippen LogP contribution < -0.4 is 5.73 Å². The molecule has 2 aliphatic rings. The summed E-state index contributed by atoms with van der Waals surface area (Å²) in [6.07, 6.45) is 6.89. The summed E-state index contributed by atoms with van der Waals surface area (Å²) >= 11 is 0. The van der Waals surface area contributed by atoms with Gasteiger partial charge in [0.2, 0.25) is 5.91 Å². The number of hydrogen-bond donors (Lipinski definition) is 1. The third-order valence-corrected chi connectivity index (χ3v) is 4.42. The summed E-state index contributed by atoms with van der Waals surface area (Å²) in [5, 5.41) is 0. The standard InChI is InChI=1S/C14H26N2O/c1-3-5-6-11(4-2)13(17)16-9-14(15,10-16)12-7-8-12/h11-12H,3-10,15H2,1-2H3. The zero-order chi connectivity index (χ0) is 12.5. The van der Waals surface area contributed by atoms with Gasteiger partial charge in [0.25, 0.3) is 0 Å². The third kappa shape index (κ3) is 2.65. The Balaban J connectivity index is 1.80. The van der Waals surface area contributed by atoms with Crippen LogP contribution in [-0.4, -0.2) is 29.4 Å². The van der Waals surface area contributed by atoms with Gasteiger partial charge in [-0.2, -0.15) is 0 Å². The molecule has 2 fully saturated rings. The Morgan fingerprint density at radius 1 is 1.41 bits per heavy atom. The molecule has 2 rings (SSSR count). The van der Waals surface area contributed by atoms with Crippen molar-refractivity contribution in [3.8, 4) is 0 Å². The van der Waals surface area contributed by atoms with Crippen LogP contribution in [0.1, 0.15) is 52.4 Å². The van der Waals surface area contributed by atoms with Gasteiger partial charge in [-0.25, -0.2) is 0 Å². The van der Waals surface area contributed by atoms with Crippen molar-refractivity contribution in [2.75, 3.05) is 13.1 Å². The lowest BCUT2D eigenvalue weighted by molar-refractivity contribution is -0.144. The van der Waals surface area contributed by atoms with Crippen molar-refractivity contribution >= 4 is 5.91 Å². The summed E-state index contributed by atoms with van der Waals surface area (Å²) in [5.41, 5.74) is 6.26. The van der Waals surface area contributed by atoms with Crippen molar-refractivity contribution in [1.82, 2.24) is 4.90 Å². The van der Waals surface area contributed by atoms with Crippen molar-refractivity contribution in [1.29, 1.82) is 0 Å². The summed E-state index contributed by atoms with van der Waals surface area (Å²) in [5.74, 6) is 1.28. The van der Waals surface area contributed by atoms with Crippen LogP contribution in [-0.2, 0) is 4.79 Å². The summed E-state index contributed by atoms with van der Waals surface area (Å²) in [6.45, 7) is 5.91. The Morgan fingerprint density at radius 3 is 2.53 bits per heavy atom. The zero-order valence-electron chi connectivity index (χ0n) is 11.2. The van der Waals surface area contributed by atoms with E-state index in [0.717, 1.165) is 32.4 Å². The van der Waals surface area contributed by atoms with Crippen LogP contribution in [0.3, 0.4) is 0 Å². The van der Waals surface area contributed by atoms with Crippen molar-refractivity contribution < 1.29 is 4.79 Å². The van der Waals surface area contributed by atoms with Crippen LogP contribution in [0.5, 0.6) is 0 Å². The number of hydrogen-bond acceptors (Lipinski definition) is 2. The first kappa shape index (κ1) is 12.9. The van der Waals surface area contributed by atoms with Crippen LogP contribution in [0.2, 0.25) is 0 Å². The lowest BCUT2D eigenvalue weighted by Crippen LogP contribution is -2.70. The number of amides is 1. The van der Waals surface area contributed by atoms with Crippen molar-refractivity contribution in [3.05, 3.63) is 0 Å². The molecule has 1 unspecified atom stereocenters. The monoisotopic (exact) mass is 238 g/mol. The van der Waals surface area contributed by atoms with Crippen molar-refractivity contribution in [2.24, 2.45) is 17.6 Å².